The Balaban J connectivity index is 2.90. The van der Waals surface area contributed by atoms with E-state index in [-0.39, 0.29) is 11.3 Å². The third-order valence-corrected chi connectivity index (χ3v) is 3.59. The Morgan fingerprint density at radius 3 is 2.85 bits per heavy atom. The van der Waals surface area contributed by atoms with E-state index in [4.69, 9.17) is 5.11 Å². The van der Waals surface area contributed by atoms with Gasteiger partial charge in [0.2, 0.25) is 0 Å². The molecule has 6 nitrogen and oxygen atoms in total. The van der Waals surface area contributed by atoms with Gasteiger partial charge in [0, 0.05) is 35.4 Å². The maximum Gasteiger partial charge on any atom is 0.336 e. The third-order valence-electron chi connectivity index (χ3n) is 2.62. The Labute approximate surface area is 121 Å². The Kier molecular flexibility index (Phi) is 6.05. The molecule has 0 amide bonds. The highest BCUT2D eigenvalue weighted by Crippen LogP contribution is 2.27. The van der Waals surface area contributed by atoms with Gasteiger partial charge in [0.1, 0.15) is 0 Å². The van der Waals surface area contributed by atoms with Crippen molar-refractivity contribution in [3.8, 4) is 0 Å². The lowest BCUT2D eigenvalue weighted by atomic mass is 10.1. The van der Waals surface area contributed by atoms with Crippen LogP contribution in [-0.4, -0.2) is 34.0 Å². The minimum atomic E-state index is -1.18. The Hall–Kier alpha value is -2.02. The van der Waals surface area contributed by atoms with E-state index in [9.17, 15) is 14.9 Å². The molecule has 0 saturated carbocycles. The molecule has 0 saturated heterocycles. The van der Waals surface area contributed by atoms with Crippen LogP contribution >= 0.6 is 11.8 Å². The van der Waals surface area contributed by atoms with E-state index in [0.717, 1.165) is 17.6 Å². The fourth-order valence-electron chi connectivity index (χ4n) is 1.62. The van der Waals surface area contributed by atoms with Gasteiger partial charge < -0.3 is 10.4 Å². The number of nitro groups is 1. The van der Waals surface area contributed by atoms with E-state index in [1.54, 1.807) is 24.8 Å². The number of carbonyl (C=O) groups is 1. The summed E-state index contributed by atoms with van der Waals surface area (Å²) >= 11 is 1.67. The second-order valence-electron chi connectivity index (χ2n) is 4.02. The van der Waals surface area contributed by atoms with Crippen LogP contribution in [0.4, 0.5) is 11.4 Å². The molecule has 0 aromatic heterocycles. The van der Waals surface area contributed by atoms with Crippen molar-refractivity contribution in [2.75, 3.05) is 23.4 Å². The molecule has 1 aromatic rings. The number of aromatic carboxylic acids is 1. The molecule has 0 atom stereocenters. The highest BCUT2D eigenvalue weighted by molar-refractivity contribution is 7.99. The molecule has 0 unspecified atom stereocenters. The molecular weight excluding hydrogens is 280 g/mol. The van der Waals surface area contributed by atoms with Crippen LogP contribution in [0.15, 0.2) is 24.8 Å². The first-order chi connectivity index (χ1) is 9.47. The smallest absolute Gasteiger partial charge is 0.336 e. The van der Waals surface area contributed by atoms with E-state index in [1.807, 2.05) is 0 Å². The van der Waals surface area contributed by atoms with E-state index in [2.05, 4.69) is 11.9 Å². The monoisotopic (exact) mass is 296 g/mol. The van der Waals surface area contributed by atoms with Crippen LogP contribution in [0.25, 0.3) is 0 Å². The summed E-state index contributed by atoms with van der Waals surface area (Å²) in [5.74, 6) is 0.448. The average Bonchev–Trinajstić information content (AvgIpc) is 2.39. The molecule has 0 fully saturated rings. The number of rotatable bonds is 8. The van der Waals surface area contributed by atoms with Crippen molar-refractivity contribution in [1.29, 1.82) is 0 Å². The van der Waals surface area contributed by atoms with Crippen molar-refractivity contribution >= 4 is 29.1 Å². The summed E-state index contributed by atoms with van der Waals surface area (Å²) in [5.41, 5.74) is 0.638. The van der Waals surface area contributed by atoms with Crippen LogP contribution in [0.3, 0.4) is 0 Å². The zero-order valence-corrected chi connectivity index (χ0v) is 11.9. The number of hydrogen-bond acceptors (Lipinski definition) is 5. The first-order valence-corrected chi connectivity index (χ1v) is 7.07. The van der Waals surface area contributed by atoms with Gasteiger partial charge in [-0.05, 0) is 13.0 Å². The van der Waals surface area contributed by atoms with Gasteiger partial charge >= 0.3 is 5.97 Å². The molecule has 2 N–H and O–H groups in total. The maximum atomic E-state index is 11.0. The van der Waals surface area contributed by atoms with Crippen LogP contribution in [0.5, 0.6) is 0 Å². The number of thioether (sulfide) groups is 1. The summed E-state index contributed by atoms with van der Waals surface area (Å²) in [5, 5.41) is 23.0. The highest BCUT2D eigenvalue weighted by Gasteiger charge is 2.18. The summed E-state index contributed by atoms with van der Waals surface area (Å²) in [6, 6.07) is 2.50. The molecule has 0 bridgehead atoms. The lowest BCUT2D eigenvalue weighted by molar-refractivity contribution is -0.385. The highest BCUT2D eigenvalue weighted by atomic mass is 32.2. The molecule has 0 aliphatic heterocycles. The van der Waals surface area contributed by atoms with E-state index >= 15 is 0 Å². The minimum absolute atomic E-state index is 0.0939. The van der Waals surface area contributed by atoms with Crippen LogP contribution in [0.2, 0.25) is 0 Å². The number of nitrogens with one attached hydrogen (secondary N) is 1. The first kappa shape index (κ1) is 16.0. The van der Waals surface area contributed by atoms with Gasteiger partial charge in [0.25, 0.3) is 5.69 Å². The average molecular weight is 296 g/mol. The molecule has 7 heteroatoms. The first-order valence-electron chi connectivity index (χ1n) is 5.92. The summed E-state index contributed by atoms with van der Waals surface area (Å²) < 4.78 is 0. The summed E-state index contributed by atoms with van der Waals surface area (Å²) in [7, 11) is 0. The fraction of sp³-hybridized carbons (Fsp3) is 0.308. The van der Waals surface area contributed by atoms with Crippen molar-refractivity contribution in [1.82, 2.24) is 0 Å². The van der Waals surface area contributed by atoms with Crippen LogP contribution in [-0.2, 0) is 0 Å². The third kappa shape index (κ3) is 4.27. The second-order valence-corrected chi connectivity index (χ2v) is 5.17. The van der Waals surface area contributed by atoms with Gasteiger partial charge in [0.05, 0.1) is 10.5 Å². The molecule has 1 rings (SSSR count). The number of carboxylic acid groups (broad SMARTS) is 1. The minimum Gasteiger partial charge on any atom is -0.478 e. The zero-order chi connectivity index (χ0) is 15.1. The van der Waals surface area contributed by atoms with Gasteiger partial charge in [0.15, 0.2) is 0 Å². The quantitative estimate of drug-likeness (QED) is 0.331. The normalized spacial score (nSPS) is 10.1. The second kappa shape index (κ2) is 7.54. The van der Waals surface area contributed by atoms with Crippen molar-refractivity contribution in [2.45, 2.75) is 6.92 Å². The van der Waals surface area contributed by atoms with Gasteiger partial charge in [-0.25, -0.2) is 4.79 Å². The standard InChI is InChI=1S/C13H16N2O4S/c1-3-5-20-6-4-14-11-7-10(13(16)17)8-12(9(11)2)15(18)19/h3,7-8,14H,1,4-6H2,2H3,(H,16,17). The fourth-order valence-corrected chi connectivity index (χ4v) is 2.20. The van der Waals surface area contributed by atoms with Crippen molar-refractivity contribution in [2.24, 2.45) is 0 Å². The van der Waals surface area contributed by atoms with E-state index in [0.29, 0.717) is 17.8 Å². The molecular formula is C13H16N2O4S. The van der Waals surface area contributed by atoms with Crippen LogP contribution in [0, 0.1) is 17.0 Å². The Morgan fingerprint density at radius 1 is 1.60 bits per heavy atom. The number of carboxylic acids is 1. The van der Waals surface area contributed by atoms with Crippen molar-refractivity contribution in [3.05, 3.63) is 46.0 Å². The van der Waals surface area contributed by atoms with Gasteiger partial charge in [-0.3, -0.25) is 10.1 Å². The van der Waals surface area contributed by atoms with Crippen molar-refractivity contribution in [3.63, 3.8) is 0 Å². The van der Waals surface area contributed by atoms with Crippen LogP contribution in [0.1, 0.15) is 15.9 Å². The molecule has 0 aliphatic carbocycles. The predicted molar refractivity (Wildman–Crippen MR) is 80.8 cm³/mol. The lowest BCUT2D eigenvalue weighted by Crippen LogP contribution is -2.09. The SMILES string of the molecule is C=CCSCCNc1cc(C(=O)O)cc([N+](=O)[O-])c1C. The summed E-state index contributed by atoms with van der Waals surface area (Å²) in [6.45, 7) is 5.81. The number of hydrogen-bond donors (Lipinski definition) is 2. The number of nitro benzene ring substituents is 1. The number of benzene rings is 1. The Bertz CT molecular complexity index is 531. The Morgan fingerprint density at radius 2 is 2.30 bits per heavy atom. The largest absolute Gasteiger partial charge is 0.478 e. The number of anilines is 1. The van der Waals surface area contributed by atoms with E-state index < -0.39 is 10.9 Å². The summed E-state index contributed by atoms with van der Waals surface area (Å²) in [6.07, 6.45) is 1.80. The predicted octanol–water partition coefficient (Wildman–Crippen LogP) is 2.93. The molecule has 1 aromatic carbocycles. The van der Waals surface area contributed by atoms with Crippen molar-refractivity contribution < 1.29 is 14.8 Å². The maximum absolute atomic E-state index is 11.0. The van der Waals surface area contributed by atoms with E-state index in [1.165, 1.54) is 6.07 Å². The summed E-state index contributed by atoms with van der Waals surface area (Å²) in [4.78, 5) is 21.4. The number of nitrogens with zero attached hydrogens (tertiary/aromatic N) is 1. The van der Waals surface area contributed by atoms with Crippen LogP contribution < -0.4 is 5.32 Å². The molecule has 0 aliphatic rings. The van der Waals surface area contributed by atoms with Gasteiger partial charge in [-0.15, -0.1) is 6.58 Å². The molecule has 0 heterocycles. The van der Waals surface area contributed by atoms with Gasteiger partial charge in [-0.1, -0.05) is 6.08 Å². The molecule has 0 spiro atoms. The zero-order valence-electron chi connectivity index (χ0n) is 11.1. The molecule has 0 radical (unpaired) electrons. The topological polar surface area (TPSA) is 92.5 Å². The van der Waals surface area contributed by atoms with Gasteiger partial charge in [-0.2, -0.15) is 11.8 Å². The lowest BCUT2D eigenvalue weighted by Gasteiger charge is -2.10. The molecule has 108 valence electrons. The molecule has 20 heavy (non-hydrogen) atoms.